The number of rotatable bonds is 0. The molecular weight excluding hydrogens is 287 g/mol. The Balaban J connectivity index is 0.000000126. The van der Waals surface area contributed by atoms with E-state index in [1.165, 1.54) is 17.5 Å². The standard InChI is InChI=1S/C9H7N.C8H5ClFN/c1-2-6-9-8(4-1)5-3-7-10-9;9-7-3-5(10)4-8-6(7)1-2-11-8/h1-7H;1-4,11H. The molecule has 2 heterocycles. The summed E-state index contributed by atoms with van der Waals surface area (Å²) in [7, 11) is 0. The molecule has 2 aromatic carbocycles. The van der Waals surface area contributed by atoms with Crippen LogP contribution in [0.25, 0.3) is 21.8 Å². The molecule has 0 aliphatic carbocycles. The van der Waals surface area contributed by atoms with Crippen LogP contribution >= 0.6 is 11.6 Å². The van der Waals surface area contributed by atoms with Gasteiger partial charge in [-0.25, -0.2) is 4.39 Å². The van der Waals surface area contributed by atoms with Gasteiger partial charge >= 0.3 is 0 Å². The molecular formula is C17H12ClFN2. The van der Waals surface area contributed by atoms with E-state index in [0.29, 0.717) is 5.02 Å². The topological polar surface area (TPSA) is 28.7 Å². The van der Waals surface area contributed by atoms with Crippen molar-refractivity contribution in [3.63, 3.8) is 0 Å². The molecule has 104 valence electrons. The minimum absolute atomic E-state index is 0.315. The molecule has 0 spiro atoms. The van der Waals surface area contributed by atoms with Crippen molar-refractivity contribution in [1.82, 2.24) is 9.97 Å². The van der Waals surface area contributed by atoms with Crippen LogP contribution < -0.4 is 0 Å². The fourth-order valence-corrected chi connectivity index (χ4v) is 2.37. The average Bonchev–Trinajstić information content (AvgIpc) is 2.97. The zero-order valence-corrected chi connectivity index (χ0v) is 11.8. The van der Waals surface area contributed by atoms with E-state index in [1.54, 1.807) is 6.20 Å². The number of H-pyrrole nitrogens is 1. The average molecular weight is 299 g/mol. The molecule has 4 aromatic rings. The van der Waals surface area contributed by atoms with Crippen LogP contribution in [0.2, 0.25) is 5.02 Å². The van der Waals surface area contributed by atoms with Gasteiger partial charge in [-0.2, -0.15) is 0 Å². The zero-order chi connectivity index (χ0) is 14.7. The first-order valence-electron chi connectivity index (χ1n) is 6.46. The lowest BCUT2D eigenvalue weighted by Gasteiger charge is -1.93. The van der Waals surface area contributed by atoms with Gasteiger partial charge in [-0.05, 0) is 30.3 Å². The van der Waals surface area contributed by atoms with Crippen molar-refractivity contribution in [2.75, 3.05) is 0 Å². The van der Waals surface area contributed by atoms with Gasteiger partial charge in [0.1, 0.15) is 5.82 Å². The highest BCUT2D eigenvalue weighted by atomic mass is 35.5. The number of nitrogens with one attached hydrogen (secondary N) is 1. The molecule has 0 unspecified atom stereocenters. The van der Waals surface area contributed by atoms with Gasteiger partial charge in [0, 0.05) is 28.7 Å². The minimum Gasteiger partial charge on any atom is -0.361 e. The number of aromatic nitrogens is 2. The van der Waals surface area contributed by atoms with Crippen molar-refractivity contribution < 1.29 is 4.39 Å². The maximum absolute atomic E-state index is 12.7. The SMILES string of the molecule is Fc1cc(Cl)c2cc[nH]c2c1.c1ccc2ncccc2c1. The van der Waals surface area contributed by atoms with Crippen LogP contribution in [0.1, 0.15) is 0 Å². The molecule has 0 radical (unpaired) electrons. The van der Waals surface area contributed by atoms with Crippen molar-refractivity contribution in [2.24, 2.45) is 0 Å². The molecule has 2 nitrogen and oxygen atoms in total. The van der Waals surface area contributed by atoms with Gasteiger partial charge in [0.05, 0.1) is 10.5 Å². The first-order chi connectivity index (χ1) is 10.2. The van der Waals surface area contributed by atoms with E-state index in [1.807, 2.05) is 36.5 Å². The Kier molecular flexibility index (Phi) is 3.84. The number of nitrogens with zero attached hydrogens (tertiary/aromatic N) is 1. The third-order valence-corrected chi connectivity index (χ3v) is 3.41. The van der Waals surface area contributed by atoms with Gasteiger partial charge in [0.2, 0.25) is 0 Å². The number of fused-ring (bicyclic) bond motifs is 2. The van der Waals surface area contributed by atoms with E-state index in [2.05, 4.69) is 22.1 Å². The molecule has 0 aliphatic rings. The van der Waals surface area contributed by atoms with E-state index in [0.717, 1.165) is 16.4 Å². The van der Waals surface area contributed by atoms with Gasteiger partial charge in [0.25, 0.3) is 0 Å². The molecule has 0 bridgehead atoms. The highest BCUT2D eigenvalue weighted by Crippen LogP contribution is 2.23. The summed E-state index contributed by atoms with van der Waals surface area (Å²) in [5.74, 6) is -0.315. The van der Waals surface area contributed by atoms with Gasteiger partial charge in [-0.15, -0.1) is 0 Å². The highest BCUT2D eigenvalue weighted by molar-refractivity contribution is 6.35. The van der Waals surface area contributed by atoms with E-state index in [9.17, 15) is 4.39 Å². The van der Waals surface area contributed by atoms with Gasteiger partial charge in [-0.3, -0.25) is 4.98 Å². The number of benzene rings is 2. The second-order valence-electron chi connectivity index (χ2n) is 4.52. The summed E-state index contributed by atoms with van der Waals surface area (Å²) in [6, 6.07) is 16.6. The van der Waals surface area contributed by atoms with Crippen LogP contribution in [0.4, 0.5) is 4.39 Å². The van der Waals surface area contributed by atoms with Crippen LogP contribution in [0.3, 0.4) is 0 Å². The summed E-state index contributed by atoms with van der Waals surface area (Å²) in [6.07, 6.45) is 3.54. The third kappa shape index (κ3) is 3.03. The molecule has 0 saturated heterocycles. The predicted molar refractivity (Wildman–Crippen MR) is 85.0 cm³/mol. The zero-order valence-electron chi connectivity index (χ0n) is 11.1. The summed E-state index contributed by atoms with van der Waals surface area (Å²) >= 11 is 5.74. The van der Waals surface area contributed by atoms with E-state index >= 15 is 0 Å². The molecule has 21 heavy (non-hydrogen) atoms. The van der Waals surface area contributed by atoms with Crippen molar-refractivity contribution >= 4 is 33.4 Å². The van der Waals surface area contributed by atoms with Crippen LogP contribution in [0.15, 0.2) is 67.0 Å². The number of hydrogen-bond acceptors (Lipinski definition) is 1. The Morgan fingerprint density at radius 1 is 1.00 bits per heavy atom. The first kappa shape index (κ1) is 13.6. The quantitative estimate of drug-likeness (QED) is 0.475. The summed E-state index contributed by atoms with van der Waals surface area (Å²) in [5, 5.41) is 2.50. The summed E-state index contributed by atoms with van der Waals surface area (Å²) in [4.78, 5) is 7.06. The van der Waals surface area contributed by atoms with Crippen molar-refractivity contribution in [3.05, 3.63) is 77.8 Å². The summed E-state index contributed by atoms with van der Waals surface area (Å²) in [6.45, 7) is 0. The molecule has 0 amide bonds. The van der Waals surface area contributed by atoms with Gasteiger partial charge < -0.3 is 4.98 Å². The fraction of sp³-hybridized carbons (Fsp3) is 0. The molecule has 4 heteroatoms. The monoisotopic (exact) mass is 298 g/mol. The van der Waals surface area contributed by atoms with E-state index in [-0.39, 0.29) is 5.82 Å². The molecule has 0 aliphatic heterocycles. The lowest BCUT2D eigenvalue weighted by Crippen LogP contribution is -1.74. The maximum atomic E-state index is 12.7. The van der Waals surface area contributed by atoms with Crippen molar-refractivity contribution in [1.29, 1.82) is 0 Å². The van der Waals surface area contributed by atoms with Crippen LogP contribution in [0, 0.1) is 5.82 Å². The maximum Gasteiger partial charge on any atom is 0.126 e. The lowest BCUT2D eigenvalue weighted by molar-refractivity contribution is 0.629. The molecule has 0 saturated carbocycles. The number of para-hydroxylation sites is 1. The summed E-state index contributed by atoms with van der Waals surface area (Å²) in [5.41, 5.74) is 1.79. The normalized spacial score (nSPS) is 10.4. The second kappa shape index (κ2) is 5.94. The fourth-order valence-electron chi connectivity index (χ4n) is 2.10. The van der Waals surface area contributed by atoms with E-state index in [4.69, 9.17) is 11.6 Å². The Morgan fingerprint density at radius 3 is 2.67 bits per heavy atom. The van der Waals surface area contributed by atoms with Gasteiger partial charge in [-0.1, -0.05) is 35.9 Å². The summed E-state index contributed by atoms with van der Waals surface area (Å²) < 4.78 is 12.7. The van der Waals surface area contributed by atoms with Crippen LogP contribution in [-0.2, 0) is 0 Å². The minimum atomic E-state index is -0.315. The number of pyridine rings is 1. The molecule has 1 N–H and O–H groups in total. The van der Waals surface area contributed by atoms with Crippen molar-refractivity contribution in [2.45, 2.75) is 0 Å². The molecule has 0 fully saturated rings. The molecule has 2 aromatic heterocycles. The highest BCUT2D eigenvalue weighted by Gasteiger charge is 2.01. The Bertz CT molecular complexity index is 821. The predicted octanol–water partition coefficient (Wildman–Crippen LogP) is 5.20. The Labute approximate surface area is 126 Å². The number of aromatic amines is 1. The third-order valence-electron chi connectivity index (χ3n) is 3.10. The second-order valence-corrected chi connectivity index (χ2v) is 4.93. The van der Waals surface area contributed by atoms with Crippen LogP contribution in [-0.4, -0.2) is 9.97 Å². The molecule has 4 rings (SSSR count). The molecule has 0 atom stereocenters. The van der Waals surface area contributed by atoms with Crippen molar-refractivity contribution in [3.8, 4) is 0 Å². The number of hydrogen-bond donors (Lipinski definition) is 1. The Hall–Kier alpha value is -2.39. The largest absolute Gasteiger partial charge is 0.361 e. The van der Waals surface area contributed by atoms with Gasteiger partial charge in [0.15, 0.2) is 0 Å². The number of halogens is 2. The first-order valence-corrected chi connectivity index (χ1v) is 6.84. The van der Waals surface area contributed by atoms with Crippen LogP contribution in [0.5, 0.6) is 0 Å². The van der Waals surface area contributed by atoms with E-state index < -0.39 is 0 Å². The smallest absolute Gasteiger partial charge is 0.126 e. The Morgan fingerprint density at radius 2 is 1.81 bits per heavy atom. The lowest BCUT2D eigenvalue weighted by atomic mass is 10.2.